The van der Waals surface area contributed by atoms with Crippen LogP contribution in [0.1, 0.15) is 19.8 Å². The SMILES string of the molecule is CC(NCCOc1cccnc1)C1CCCO1. The Bertz CT molecular complexity index is 312. The summed E-state index contributed by atoms with van der Waals surface area (Å²) in [5.41, 5.74) is 0. The fourth-order valence-electron chi connectivity index (χ4n) is 2.02. The molecular weight excluding hydrogens is 216 g/mol. The van der Waals surface area contributed by atoms with Gasteiger partial charge in [0.25, 0.3) is 0 Å². The lowest BCUT2D eigenvalue weighted by Crippen LogP contribution is -2.39. The standard InChI is InChI=1S/C13H20N2O2/c1-11(13-5-3-8-17-13)15-7-9-16-12-4-2-6-14-10-12/h2,4,6,10-11,13,15H,3,5,7-9H2,1H3. The van der Waals surface area contributed by atoms with Crippen molar-refractivity contribution in [3.05, 3.63) is 24.5 Å². The molecule has 17 heavy (non-hydrogen) atoms. The van der Waals surface area contributed by atoms with Gasteiger partial charge in [-0.1, -0.05) is 0 Å². The molecule has 0 aliphatic carbocycles. The first kappa shape index (κ1) is 12.3. The zero-order valence-electron chi connectivity index (χ0n) is 10.3. The summed E-state index contributed by atoms with van der Waals surface area (Å²) in [4.78, 5) is 4.00. The fraction of sp³-hybridized carbons (Fsp3) is 0.615. The normalized spacial score (nSPS) is 21.4. The highest BCUT2D eigenvalue weighted by Gasteiger charge is 2.21. The van der Waals surface area contributed by atoms with Crippen molar-refractivity contribution in [2.24, 2.45) is 0 Å². The first-order valence-electron chi connectivity index (χ1n) is 6.24. The number of nitrogens with zero attached hydrogens (tertiary/aromatic N) is 1. The van der Waals surface area contributed by atoms with Gasteiger partial charge in [0.2, 0.25) is 0 Å². The minimum absolute atomic E-state index is 0.369. The Morgan fingerprint density at radius 1 is 1.65 bits per heavy atom. The van der Waals surface area contributed by atoms with Gasteiger partial charge in [-0.25, -0.2) is 0 Å². The monoisotopic (exact) mass is 236 g/mol. The number of aromatic nitrogens is 1. The van der Waals surface area contributed by atoms with Gasteiger partial charge in [0.15, 0.2) is 0 Å². The number of rotatable bonds is 6. The Morgan fingerprint density at radius 3 is 3.29 bits per heavy atom. The van der Waals surface area contributed by atoms with Gasteiger partial charge in [0, 0.05) is 25.4 Å². The Morgan fingerprint density at radius 2 is 2.59 bits per heavy atom. The van der Waals surface area contributed by atoms with Crippen molar-refractivity contribution in [3.63, 3.8) is 0 Å². The Balaban J connectivity index is 1.59. The average molecular weight is 236 g/mol. The Hall–Kier alpha value is -1.13. The molecule has 1 aromatic heterocycles. The van der Waals surface area contributed by atoms with Crippen LogP contribution in [0.4, 0.5) is 0 Å². The highest BCUT2D eigenvalue weighted by molar-refractivity contribution is 5.15. The molecule has 1 aromatic rings. The van der Waals surface area contributed by atoms with Crippen LogP contribution in [0.2, 0.25) is 0 Å². The summed E-state index contributed by atoms with van der Waals surface area (Å²) in [5, 5.41) is 3.42. The highest BCUT2D eigenvalue weighted by atomic mass is 16.5. The summed E-state index contributed by atoms with van der Waals surface area (Å²) in [6, 6.07) is 4.18. The second-order valence-electron chi connectivity index (χ2n) is 4.33. The predicted molar refractivity (Wildman–Crippen MR) is 66.2 cm³/mol. The molecule has 1 fully saturated rings. The molecule has 2 atom stereocenters. The second kappa shape index (κ2) is 6.57. The maximum atomic E-state index is 5.62. The maximum Gasteiger partial charge on any atom is 0.137 e. The molecule has 2 heterocycles. The van der Waals surface area contributed by atoms with Crippen LogP contribution in [-0.4, -0.2) is 36.9 Å². The fourth-order valence-corrected chi connectivity index (χ4v) is 2.02. The van der Waals surface area contributed by atoms with E-state index in [1.807, 2.05) is 12.1 Å². The molecule has 0 radical (unpaired) electrons. The molecule has 4 nitrogen and oxygen atoms in total. The summed E-state index contributed by atoms with van der Waals surface area (Å²) >= 11 is 0. The summed E-state index contributed by atoms with van der Waals surface area (Å²) in [5.74, 6) is 0.819. The first-order valence-corrected chi connectivity index (χ1v) is 6.24. The van der Waals surface area contributed by atoms with Crippen LogP contribution in [-0.2, 0) is 4.74 Å². The van der Waals surface area contributed by atoms with Crippen molar-refractivity contribution in [3.8, 4) is 5.75 Å². The highest BCUT2D eigenvalue weighted by Crippen LogP contribution is 2.15. The Labute approximate surface area is 102 Å². The second-order valence-corrected chi connectivity index (χ2v) is 4.33. The lowest BCUT2D eigenvalue weighted by atomic mass is 10.1. The molecule has 2 rings (SSSR count). The largest absolute Gasteiger partial charge is 0.491 e. The molecule has 1 aliphatic rings. The molecule has 0 bridgehead atoms. The topological polar surface area (TPSA) is 43.4 Å². The third-order valence-electron chi connectivity index (χ3n) is 2.99. The van der Waals surface area contributed by atoms with E-state index in [2.05, 4.69) is 17.2 Å². The molecule has 1 saturated heterocycles. The Kier molecular flexibility index (Phi) is 4.76. The summed E-state index contributed by atoms with van der Waals surface area (Å²) in [7, 11) is 0. The predicted octanol–water partition coefficient (Wildman–Crippen LogP) is 1.62. The van der Waals surface area contributed by atoms with E-state index in [9.17, 15) is 0 Å². The molecule has 1 aliphatic heterocycles. The number of ether oxygens (including phenoxy) is 2. The van der Waals surface area contributed by atoms with Gasteiger partial charge >= 0.3 is 0 Å². The third-order valence-corrected chi connectivity index (χ3v) is 2.99. The van der Waals surface area contributed by atoms with Crippen LogP contribution in [0.5, 0.6) is 5.75 Å². The molecule has 0 spiro atoms. The van der Waals surface area contributed by atoms with Gasteiger partial charge in [0.05, 0.1) is 12.3 Å². The molecule has 94 valence electrons. The van der Waals surface area contributed by atoms with Crippen molar-refractivity contribution in [1.82, 2.24) is 10.3 Å². The van der Waals surface area contributed by atoms with Crippen LogP contribution in [0, 0.1) is 0 Å². The van der Waals surface area contributed by atoms with Crippen molar-refractivity contribution in [1.29, 1.82) is 0 Å². The van der Waals surface area contributed by atoms with E-state index in [-0.39, 0.29) is 0 Å². The van der Waals surface area contributed by atoms with E-state index in [0.717, 1.165) is 25.3 Å². The average Bonchev–Trinajstić information content (AvgIpc) is 2.89. The summed E-state index contributed by atoms with van der Waals surface area (Å²) in [6.07, 6.45) is 6.18. The number of hydrogen-bond donors (Lipinski definition) is 1. The van der Waals surface area contributed by atoms with E-state index < -0.39 is 0 Å². The maximum absolute atomic E-state index is 5.62. The van der Waals surface area contributed by atoms with Crippen LogP contribution in [0.3, 0.4) is 0 Å². The smallest absolute Gasteiger partial charge is 0.137 e. The minimum atomic E-state index is 0.369. The van der Waals surface area contributed by atoms with Gasteiger partial charge in [-0.3, -0.25) is 4.98 Å². The number of nitrogens with one attached hydrogen (secondary N) is 1. The molecule has 2 unspecified atom stereocenters. The molecule has 4 heteroatoms. The zero-order chi connectivity index (χ0) is 11.9. The van der Waals surface area contributed by atoms with E-state index in [1.165, 1.54) is 6.42 Å². The lowest BCUT2D eigenvalue weighted by molar-refractivity contribution is 0.0824. The lowest BCUT2D eigenvalue weighted by Gasteiger charge is -2.19. The van der Waals surface area contributed by atoms with Gasteiger partial charge in [-0.05, 0) is 31.9 Å². The zero-order valence-corrected chi connectivity index (χ0v) is 10.3. The van der Waals surface area contributed by atoms with Gasteiger partial charge in [-0.2, -0.15) is 0 Å². The third kappa shape index (κ3) is 3.98. The van der Waals surface area contributed by atoms with E-state index in [0.29, 0.717) is 18.8 Å². The van der Waals surface area contributed by atoms with E-state index in [1.54, 1.807) is 12.4 Å². The molecule has 1 N–H and O–H groups in total. The molecular formula is C13H20N2O2. The van der Waals surface area contributed by atoms with Crippen LogP contribution < -0.4 is 10.1 Å². The first-order chi connectivity index (χ1) is 8.36. The van der Waals surface area contributed by atoms with Gasteiger partial charge in [0.1, 0.15) is 12.4 Å². The van der Waals surface area contributed by atoms with E-state index >= 15 is 0 Å². The minimum Gasteiger partial charge on any atom is -0.491 e. The number of hydrogen-bond acceptors (Lipinski definition) is 4. The molecule has 0 saturated carbocycles. The van der Waals surface area contributed by atoms with Crippen molar-refractivity contribution in [2.45, 2.75) is 31.9 Å². The summed E-state index contributed by atoms with van der Waals surface area (Å²) in [6.45, 7) is 4.56. The number of pyridine rings is 1. The van der Waals surface area contributed by atoms with Crippen molar-refractivity contribution >= 4 is 0 Å². The van der Waals surface area contributed by atoms with Crippen LogP contribution in [0.25, 0.3) is 0 Å². The molecule has 0 amide bonds. The molecule has 0 aromatic carbocycles. The van der Waals surface area contributed by atoms with E-state index in [4.69, 9.17) is 9.47 Å². The van der Waals surface area contributed by atoms with Crippen molar-refractivity contribution in [2.75, 3.05) is 19.8 Å². The van der Waals surface area contributed by atoms with Crippen LogP contribution >= 0.6 is 0 Å². The van der Waals surface area contributed by atoms with Gasteiger partial charge in [-0.15, -0.1) is 0 Å². The van der Waals surface area contributed by atoms with Crippen LogP contribution in [0.15, 0.2) is 24.5 Å². The van der Waals surface area contributed by atoms with Gasteiger partial charge < -0.3 is 14.8 Å². The van der Waals surface area contributed by atoms with Crippen molar-refractivity contribution < 1.29 is 9.47 Å². The summed E-state index contributed by atoms with van der Waals surface area (Å²) < 4.78 is 11.2. The quantitative estimate of drug-likeness (QED) is 0.762.